The van der Waals surface area contributed by atoms with Gasteiger partial charge in [-0.2, -0.15) is 0 Å². The third-order valence-corrected chi connectivity index (χ3v) is 3.09. The van der Waals surface area contributed by atoms with Gasteiger partial charge in [0.1, 0.15) is 0 Å². The molecule has 0 aliphatic heterocycles. The normalized spacial score (nSPS) is 16.9. The van der Waals surface area contributed by atoms with Gasteiger partial charge in [-0.3, -0.25) is 4.79 Å². The first-order chi connectivity index (χ1) is 7.55. The van der Waals surface area contributed by atoms with E-state index >= 15 is 0 Å². The monoisotopic (exact) mass is 221 g/mol. The summed E-state index contributed by atoms with van der Waals surface area (Å²) in [4.78, 5) is 15.0. The summed E-state index contributed by atoms with van der Waals surface area (Å²) in [6.45, 7) is 1.89. The predicted octanol–water partition coefficient (Wildman–Crippen LogP) is 1.90. The number of aryl methyl sites for hydroxylation is 1. The van der Waals surface area contributed by atoms with Crippen LogP contribution in [0.1, 0.15) is 30.5 Å². The summed E-state index contributed by atoms with van der Waals surface area (Å²) in [6, 6.07) is 3.81. The van der Waals surface area contributed by atoms with Crippen molar-refractivity contribution >= 4 is 5.97 Å². The molecule has 1 aromatic rings. The van der Waals surface area contributed by atoms with Crippen LogP contribution in [0.5, 0.6) is 5.88 Å². The quantitative estimate of drug-likeness (QED) is 0.843. The van der Waals surface area contributed by atoms with Crippen LogP contribution in [0.25, 0.3) is 0 Å². The van der Waals surface area contributed by atoms with Crippen LogP contribution < -0.4 is 4.74 Å². The van der Waals surface area contributed by atoms with E-state index in [1.165, 1.54) is 0 Å². The van der Waals surface area contributed by atoms with Gasteiger partial charge in [-0.05, 0) is 31.4 Å². The summed E-state index contributed by atoms with van der Waals surface area (Å²) in [5.41, 5.74) is 1.73. The fraction of sp³-hybridized carbons (Fsp3) is 0.500. The Kier molecular flexibility index (Phi) is 2.58. The highest BCUT2D eigenvalue weighted by Gasteiger charge is 2.46. The van der Waals surface area contributed by atoms with E-state index in [-0.39, 0.29) is 11.8 Å². The molecule has 0 aromatic carbocycles. The summed E-state index contributed by atoms with van der Waals surface area (Å²) in [7, 11) is 1.57. The zero-order valence-electron chi connectivity index (χ0n) is 9.49. The van der Waals surface area contributed by atoms with Gasteiger partial charge in [-0.15, -0.1) is 0 Å². The molecule has 1 N–H and O–H groups in total. The van der Waals surface area contributed by atoms with Gasteiger partial charge >= 0.3 is 5.97 Å². The number of ether oxygens (including phenoxy) is 1. The highest BCUT2D eigenvalue weighted by Crippen LogP contribution is 2.51. The van der Waals surface area contributed by atoms with E-state index in [9.17, 15) is 4.79 Å². The molecule has 4 nitrogen and oxygen atoms in total. The molecule has 0 unspecified atom stereocenters. The number of aliphatic carboxylic acids is 1. The predicted molar refractivity (Wildman–Crippen MR) is 58.7 cm³/mol. The number of carboxylic acid groups (broad SMARTS) is 1. The number of hydrogen-bond donors (Lipinski definition) is 1. The zero-order valence-corrected chi connectivity index (χ0v) is 9.49. The molecule has 1 aliphatic rings. The van der Waals surface area contributed by atoms with Crippen molar-refractivity contribution in [1.82, 2.24) is 4.98 Å². The molecule has 0 amide bonds. The van der Waals surface area contributed by atoms with Gasteiger partial charge in [0.25, 0.3) is 0 Å². The molecule has 4 heteroatoms. The van der Waals surface area contributed by atoms with E-state index in [1.54, 1.807) is 7.11 Å². The Hall–Kier alpha value is -1.58. The van der Waals surface area contributed by atoms with E-state index in [4.69, 9.17) is 9.84 Å². The van der Waals surface area contributed by atoms with Crippen LogP contribution in [-0.2, 0) is 10.2 Å². The molecule has 1 aliphatic carbocycles. The zero-order chi connectivity index (χ0) is 11.8. The first-order valence-corrected chi connectivity index (χ1v) is 5.31. The topological polar surface area (TPSA) is 59.4 Å². The number of methoxy groups -OCH3 is 1. The molecule has 1 heterocycles. The summed E-state index contributed by atoms with van der Waals surface area (Å²) in [5, 5.41) is 8.90. The highest BCUT2D eigenvalue weighted by molar-refractivity contribution is 5.70. The highest BCUT2D eigenvalue weighted by atomic mass is 16.5. The number of carbonyl (C=O) groups is 1. The van der Waals surface area contributed by atoms with Crippen molar-refractivity contribution < 1.29 is 14.6 Å². The van der Waals surface area contributed by atoms with E-state index < -0.39 is 5.97 Å². The van der Waals surface area contributed by atoms with Gasteiger partial charge in [0.15, 0.2) is 0 Å². The summed E-state index contributed by atoms with van der Waals surface area (Å²) in [6.07, 6.45) is 2.07. The number of hydrogen-bond acceptors (Lipinski definition) is 3. The van der Waals surface area contributed by atoms with Crippen molar-refractivity contribution in [2.24, 2.45) is 0 Å². The molecule has 0 spiro atoms. The standard InChI is InChI=1S/C12H15NO3/c1-8-5-9(6-10(13-8)16-2)12(3-4-12)7-11(14)15/h5-6H,3-4,7H2,1-2H3,(H,14,15). The molecule has 0 radical (unpaired) electrons. The Morgan fingerprint density at radius 1 is 1.56 bits per heavy atom. The molecule has 16 heavy (non-hydrogen) atoms. The largest absolute Gasteiger partial charge is 0.481 e. The molecule has 1 aromatic heterocycles. The molecule has 2 rings (SSSR count). The lowest BCUT2D eigenvalue weighted by Gasteiger charge is -2.14. The summed E-state index contributed by atoms with van der Waals surface area (Å²) < 4.78 is 5.11. The Labute approximate surface area is 94.3 Å². The maximum Gasteiger partial charge on any atom is 0.304 e. The van der Waals surface area contributed by atoms with E-state index in [2.05, 4.69) is 4.98 Å². The number of carboxylic acids is 1. The van der Waals surface area contributed by atoms with Crippen molar-refractivity contribution in [2.45, 2.75) is 31.6 Å². The van der Waals surface area contributed by atoms with Crippen molar-refractivity contribution in [3.05, 3.63) is 23.4 Å². The summed E-state index contributed by atoms with van der Waals surface area (Å²) >= 11 is 0. The van der Waals surface area contributed by atoms with Gasteiger partial charge in [0.05, 0.1) is 13.5 Å². The van der Waals surface area contributed by atoms with Gasteiger partial charge < -0.3 is 9.84 Å². The van der Waals surface area contributed by atoms with Crippen LogP contribution in [0.4, 0.5) is 0 Å². The second-order valence-corrected chi connectivity index (χ2v) is 4.39. The molecule has 1 fully saturated rings. The molecule has 0 saturated heterocycles. The fourth-order valence-corrected chi connectivity index (χ4v) is 2.06. The van der Waals surface area contributed by atoms with Gasteiger partial charge in [0.2, 0.25) is 5.88 Å². The third kappa shape index (κ3) is 2.01. The van der Waals surface area contributed by atoms with E-state index in [0.717, 1.165) is 24.1 Å². The number of pyridine rings is 1. The van der Waals surface area contributed by atoms with Crippen molar-refractivity contribution in [1.29, 1.82) is 0 Å². The Bertz CT molecular complexity index is 424. The Morgan fingerprint density at radius 3 is 2.75 bits per heavy atom. The van der Waals surface area contributed by atoms with Crippen molar-refractivity contribution in [2.75, 3.05) is 7.11 Å². The van der Waals surface area contributed by atoms with Crippen molar-refractivity contribution in [3.8, 4) is 5.88 Å². The lowest BCUT2D eigenvalue weighted by molar-refractivity contribution is -0.137. The smallest absolute Gasteiger partial charge is 0.304 e. The lowest BCUT2D eigenvalue weighted by Crippen LogP contribution is -2.13. The van der Waals surface area contributed by atoms with E-state index in [0.29, 0.717) is 5.88 Å². The minimum Gasteiger partial charge on any atom is -0.481 e. The first-order valence-electron chi connectivity index (χ1n) is 5.31. The molecular weight excluding hydrogens is 206 g/mol. The fourth-order valence-electron chi connectivity index (χ4n) is 2.06. The second kappa shape index (κ2) is 3.77. The minimum atomic E-state index is -0.745. The van der Waals surface area contributed by atoms with E-state index in [1.807, 2.05) is 19.1 Å². The van der Waals surface area contributed by atoms with Gasteiger partial charge in [-0.1, -0.05) is 0 Å². The average Bonchev–Trinajstić information content (AvgIpc) is 2.97. The average molecular weight is 221 g/mol. The number of nitrogens with zero attached hydrogens (tertiary/aromatic N) is 1. The minimum absolute atomic E-state index is 0.174. The Morgan fingerprint density at radius 2 is 2.25 bits per heavy atom. The maximum atomic E-state index is 10.8. The first kappa shape index (κ1) is 10.9. The molecule has 1 saturated carbocycles. The van der Waals surface area contributed by atoms with Gasteiger partial charge in [-0.25, -0.2) is 4.98 Å². The maximum absolute atomic E-state index is 10.8. The van der Waals surface area contributed by atoms with Crippen LogP contribution in [0.15, 0.2) is 12.1 Å². The molecule has 0 atom stereocenters. The van der Waals surface area contributed by atoms with Crippen LogP contribution in [-0.4, -0.2) is 23.2 Å². The molecular formula is C12H15NO3. The molecule has 86 valence electrons. The van der Waals surface area contributed by atoms with Crippen LogP contribution in [0, 0.1) is 6.92 Å². The van der Waals surface area contributed by atoms with Gasteiger partial charge in [0, 0.05) is 17.2 Å². The number of rotatable bonds is 4. The third-order valence-electron chi connectivity index (χ3n) is 3.09. The summed E-state index contributed by atoms with van der Waals surface area (Å²) in [5.74, 6) is -0.183. The molecule has 0 bridgehead atoms. The lowest BCUT2D eigenvalue weighted by atomic mass is 9.92. The second-order valence-electron chi connectivity index (χ2n) is 4.39. The van der Waals surface area contributed by atoms with Crippen LogP contribution in [0.3, 0.4) is 0 Å². The SMILES string of the molecule is COc1cc(C2(CC(=O)O)CC2)cc(C)n1. The Balaban J connectivity index is 2.33. The van der Waals surface area contributed by atoms with Crippen molar-refractivity contribution in [3.63, 3.8) is 0 Å². The number of aromatic nitrogens is 1. The van der Waals surface area contributed by atoms with Crippen LogP contribution >= 0.6 is 0 Å². The van der Waals surface area contributed by atoms with Crippen LogP contribution in [0.2, 0.25) is 0 Å².